The third kappa shape index (κ3) is 2.77. The van der Waals surface area contributed by atoms with E-state index in [0.717, 1.165) is 44.4 Å². The Morgan fingerprint density at radius 1 is 1.00 bits per heavy atom. The summed E-state index contributed by atoms with van der Waals surface area (Å²) in [5, 5.41) is 1.94. The molecule has 0 saturated carbocycles. The number of imidazole rings is 1. The van der Waals surface area contributed by atoms with Crippen LogP contribution in [-0.2, 0) is 5.75 Å². The maximum absolute atomic E-state index is 5.85. The van der Waals surface area contributed by atoms with E-state index >= 15 is 0 Å². The van der Waals surface area contributed by atoms with Crippen molar-refractivity contribution in [2.75, 3.05) is 0 Å². The van der Waals surface area contributed by atoms with Crippen molar-refractivity contribution >= 4 is 39.3 Å². The van der Waals surface area contributed by atoms with Crippen LogP contribution in [0.25, 0.3) is 27.6 Å². The van der Waals surface area contributed by atoms with Crippen molar-refractivity contribution in [2.45, 2.75) is 30.7 Å². The van der Waals surface area contributed by atoms with E-state index < -0.39 is 0 Å². The summed E-state index contributed by atoms with van der Waals surface area (Å²) < 4.78 is 7.98. The van der Waals surface area contributed by atoms with E-state index in [1.54, 1.807) is 11.8 Å². The fraction of sp³-hybridized carbons (Fsp3) is 0.190. The number of hydrogen-bond donors (Lipinski definition) is 0. The zero-order chi connectivity index (χ0) is 18.4. The highest BCUT2D eigenvalue weighted by Crippen LogP contribution is 2.30. The zero-order valence-corrected chi connectivity index (χ0v) is 15.9. The van der Waals surface area contributed by atoms with Crippen molar-refractivity contribution in [3.05, 3.63) is 66.4 Å². The summed E-state index contributed by atoms with van der Waals surface area (Å²) >= 11 is 1.62. The summed E-state index contributed by atoms with van der Waals surface area (Å²) in [6.45, 7) is 4.20. The van der Waals surface area contributed by atoms with Gasteiger partial charge in [0.2, 0.25) is 5.89 Å². The minimum atomic E-state index is 0.333. The average Bonchev–Trinajstić information content (AvgIpc) is 3.31. The van der Waals surface area contributed by atoms with Gasteiger partial charge < -0.3 is 4.42 Å². The summed E-state index contributed by atoms with van der Waals surface area (Å²) in [5.74, 6) is 2.59. The van der Waals surface area contributed by atoms with Gasteiger partial charge in [-0.1, -0.05) is 49.9 Å². The van der Waals surface area contributed by atoms with Crippen LogP contribution in [0.3, 0.4) is 0 Å². The number of nitrogens with zero attached hydrogens (tertiary/aromatic N) is 4. The second-order valence-electron chi connectivity index (χ2n) is 6.77. The molecule has 0 N–H and O–H groups in total. The Kier molecular flexibility index (Phi) is 3.86. The molecule has 0 atom stereocenters. The van der Waals surface area contributed by atoms with Crippen LogP contribution in [0, 0.1) is 0 Å². The summed E-state index contributed by atoms with van der Waals surface area (Å²) in [7, 11) is 0. The van der Waals surface area contributed by atoms with Crippen molar-refractivity contribution in [1.82, 2.24) is 19.4 Å². The summed E-state index contributed by atoms with van der Waals surface area (Å²) in [6, 6.07) is 16.3. The molecule has 5 aromatic rings. The molecule has 0 aliphatic carbocycles. The number of thioether (sulfide) groups is 1. The number of fused-ring (bicyclic) bond motifs is 5. The third-order valence-corrected chi connectivity index (χ3v) is 5.50. The van der Waals surface area contributed by atoms with Gasteiger partial charge in [0.15, 0.2) is 5.16 Å². The summed E-state index contributed by atoms with van der Waals surface area (Å²) in [4.78, 5) is 14.2. The molecule has 6 heteroatoms. The highest BCUT2D eigenvalue weighted by atomic mass is 32.2. The number of aromatic nitrogens is 4. The fourth-order valence-corrected chi connectivity index (χ4v) is 4.06. The first kappa shape index (κ1) is 16.3. The van der Waals surface area contributed by atoms with Gasteiger partial charge in [-0.05, 0) is 24.3 Å². The van der Waals surface area contributed by atoms with Crippen LogP contribution in [0.5, 0.6) is 0 Å². The third-order valence-electron chi connectivity index (χ3n) is 4.58. The van der Waals surface area contributed by atoms with Gasteiger partial charge in [0.05, 0.1) is 28.5 Å². The van der Waals surface area contributed by atoms with Crippen molar-refractivity contribution in [1.29, 1.82) is 0 Å². The first-order valence-corrected chi connectivity index (χ1v) is 9.92. The SMILES string of the molecule is CC(C)c1cnc(CSc2nc3ccccc3c3nc4ccccc4n23)o1. The fourth-order valence-electron chi connectivity index (χ4n) is 3.19. The Balaban J connectivity index is 1.65. The molecule has 5 rings (SSSR count). The first-order valence-electron chi connectivity index (χ1n) is 8.94. The summed E-state index contributed by atoms with van der Waals surface area (Å²) in [5.41, 5.74) is 3.90. The van der Waals surface area contributed by atoms with Gasteiger partial charge in [-0.2, -0.15) is 0 Å². The normalized spacial score (nSPS) is 12.0. The number of benzene rings is 2. The van der Waals surface area contributed by atoms with E-state index in [1.807, 2.05) is 42.6 Å². The number of rotatable bonds is 4. The number of para-hydroxylation sites is 3. The van der Waals surface area contributed by atoms with Gasteiger partial charge in [0.1, 0.15) is 11.4 Å². The lowest BCUT2D eigenvalue weighted by Crippen LogP contribution is -1.97. The molecule has 0 amide bonds. The summed E-state index contributed by atoms with van der Waals surface area (Å²) in [6.07, 6.45) is 1.82. The Hall–Kier alpha value is -2.86. The van der Waals surface area contributed by atoms with E-state index in [9.17, 15) is 0 Å². The van der Waals surface area contributed by atoms with Crippen LogP contribution in [0.1, 0.15) is 31.4 Å². The van der Waals surface area contributed by atoms with Gasteiger partial charge in [-0.25, -0.2) is 15.0 Å². The predicted octanol–water partition coefficient (Wildman–Crippen LogP) is 5.44. The minimum Gasteiger partial charge on any atom is -0.445 e. The molecule has 0 spiro atoms. The molecule has 0 saturated heterocycles. The molecule has 0 fully saturated rings. The Bertz CT molecular complexity index is 1270. The van der Waals surface area contributed by atoms with Gasteiger partial charge in [0.25, 0.3) is 0 Å². The smallest absolute Gasteiger partial charge is 0.204 e. The molecule has 0 unspecified atom stereocenters. The Labute approximate surface area is 160 Å². The van der Waals surface area contributed by atoms with E-state index in [4.69, 9.17) is 14.4 Å². The molecule has 3 aromatic heterocycles. The molecular formula is C21H18N4OS. The Morgan fingerprint density at radius 2 is 1.78 bits per heavy atom. The number of hydrogen-bond acceptors (Lipinski definition) is 5. The molecule has 0 bridgehead atoms. The lowest BCUT2D eigenvalue weighted by atomic mass is 10.2. The molecule has 2 aromatic carbocycles. The molecule has 0 aliphatic rings. The highest BCUT2D eigenvalue weighted by molar-refractivity contribution is 7.98. The van der Waals surface area contributed by atoms with Gasteiger partial charge in [-0.15, -0.1) is 0 Å². The minimum absolute atomic E-state index is 0.333. The molecule has 0 radical (unpaired) electrons. The molecule has 3 heterocycles. The van der Waals surface area contributed by atoms with Gasteiger partial charge in [0, 0.05) is 11.3 Å². The maximum Gasteiger partial charge on any atom is 0.204 e. The zero-order valence-electron chi connectivity index (χ0n) is 15.1. The largest absolute Gasteiger partial charge is 0.445 e. The van der Waals surface area contributed by atoms with Gasteiger partial charge in [-0.3, -0.25) is 4.40 Å². The lowest BCUT2D eigenvalue weighted by Gasteiger charge is -2.07. The average molecular weight is 374 g/mol. The van der Waals surface area contributed by atoms with Crippen molar-refractivity contribution in [2.24, 2.45) is 0 Å². The van der Waals surface area contributed by atoms with E-state index in [0.29, 0.717) is 11.7 Å². The van der Waals surface area contributed by atoms with Crippen LogP contribution >= 0.6 is 11.8 Å². The van der Waals surface area contributed by atoms with E-state index in [2.05, 4.69) is 35.4 Å². The maximum atomic E-state index is 5.85. The van der Waals surface area contributed by atoms with Crippen LogP contribution in [0.4, 0.5) is 0 Å². The highest BCUT2D eigenvalue weighted by Gasteiger charge is 2.15. The number of oxazole rings is 1. The second kappa shape index (κ2) is 6.39. The van der Waals surface area contributed by atoms with Crippen LogP contribution < -0.4 is 0 Å². The van der Waals surface area contributed by atoms with Crippen LogP contribution in [-0.4, -0.2) is 19.4 Å². The Morgan fingerprint density at radius 3 is 2.59 bits per heavy atom. The van der Waals surface area contributed by atoms with Crippen LogP contribution in [0.15, 0.2) is 64.3 Å². The van der Waals surface area contributed by atoms with Crippen molar-refractivity contribution < 1.29 is 4.42 Å². The van der Waals surface area contributed by atoms with Crippen molar-refractivity contribution in [3.63, 3.8) is 0 Å². The quantitative estimate of drug-likeness (QED) is 0.310. The van der Waals surface area contributed by atoms with Crippen LogP contribution in [0.2, 0.25) is 0 Å². The van der Waals surface area contributed by atoms with E-state index in [-0.39, 0.29) is 0 Å². The topological polar surface area (TPSA) is 56.2 Å². The molecule has 27 heavy (non-hydrogen) atoms. The monoisotopic (exact) mass is 374 g/mol. The lowest BCUT2D eigenvalue weighted by molar-refractivity contribution is 0.453. The standard InChI is InChI=1S/C21H18N4OS/c1-13(2)18-11-22-19(26-18)12-27-21-24-15-8-4-3-7-14(15)20-23-16-9-5-6-10-17(16)25(20)21/h3-11,13H,12H2,1-2H3. The van der Waals surface area contributed by atoms with E-state index in [1.165, 1.54) is 0 Å². The van der Waals surface area contributed by atoms with Gasteiger partial charge >= 0.3 is 0 Å². The first-order chi connectivity index (χ1) is 13.2. The van der Waals surface area contributed by atoms with Crippen molar-refractivity contribution in [3.8, 4) is 0 Å². The molecule has 0 aliphatic heterocycles. The predicted molar refractivity (Wildman–Crippen MR) is 108 cm³/mol. The molecule has 134 valence electrons. The molecule has 5 nitrogen and oxygen atoms in total. The molecular weight excluding hydrogens is 356 g/mol. The second-order valence-corrected chi connectivity index (χ2v) is 7.71.